The summed E-state index contributed by atoms with van der Waals surface area (Å²) in [7, 11) is 0. The number of benzene rings is 2. The predicted molar refractivity (Wildman–Crippen MR) is 79.2 cm³/mol. The highest BCUT2D eigenvalue weighted by Crippen LogP contribution is 2.35. The van der Waals surface area contributed by atoms with Gasteiger partial charge in [0.2, 0.25) is 0 Å². The fourth-order valence-electron chi connectivity index (χ4n) is 1.77. The van der Waals surface area contributed by atoms with Crippen LogP contribution >= 0.6 is 0 Å². The van der Waals surface area contributed by atoms with E-state index in [1.165, 1.54) is 6.07 Å². The van der Waals surface area contributed by atoms with Crippen LogP contribution in [0.25, 0.3) is 0 Å². The Balaban J connectivity index is 2.19. The molecule has 0 aliphatic heterocycles. The van der Waals surface area contributed by atoms with Gasteiger partial charge < -0.3 is 20.4 Å². The highest BCUT2D eigenvalue weighted by Gasteiger charge is 2.13. The van der Waals surface area contributed by atoms with Crippen LogP contribution in [0.2, 0.25) is 0 Å². The van der Waals surface area contributed by atoms with E-state index in [0.717, 1.165) is 12.1 Å². The highest BCUT2D eigenvalue weighted by atomic mass is 16.3. The lowest BCUT2D eigenvalue weighted by atomic mass is 10.1. The first-order valence-corrected chi connectivity index (χ1v) is 6.28. The number of hydrazone groups is 1. The number of aromatic hydroxyl groups is 4. The molecule has 2 aromatic rings. The van der Waals surface area contributed by atoms with Crippen LogP contribution in [0.3, 0.4) is 0 Å². The molecule has 2 rings (SSSR count). The Morgan fingerprint density at radius 3 is 2.18 bits per heavy atom. The molecule has 22 heavy (non-hydrogen) atoms. The average Bonchev–Trinajstić information content (AvgIpc) is 2.49. The second-order valence-corrected chi connectivity index (χ2v) is 4.52. The topological polar surface area (TPSA) is 122 Å². The second kappa shape index (κ2) is 6.04. The molecule has 0 aliphatic carbocycles. The van der Waals surface area contributed by atoms with E-state index >= 15 is 0 Å². The van der Waals surface area contributed by atoms with E-state index in [1.54, 1.807) is 25.1 Å². The lowest BCUT2D eigenvalue weighted by molar-refractivity contribution is 0.0954. The third kappa shape index (κ3) is 3.09. The van der Waals surface area contributed by atoms with Crippen LogP contribution in [0.4, 0.5) is 0 Å². The number of hydrogen-bond acceptors (Lipinski definition) is 6. The molecule has 5 N–H and O–H groups in total. The summed E-state index contributed by atoms with van der Waals surface area (Å²) in [4.78, 5) is 11.9. The SMILES string of the molecule is CC(=NNC(=O)c1cc(O)c(O)c(O)c1)c1ccccc1O. The number of nitrogens with one attached hydrogen (secondary N) is 1. The monoisotopic (exact) mass is 302 g/mol. The second-order valence-electron chi connectivity index (χ2n) is 4.52. The van der Waals surface area contributed by atoms with Crippen molar-refractivity contribution >= 4 is 11.6 Å². The van der Waals surface area contributed by atoms with Crippen LogP contribution in [-0.2, 0) is 0 Å². The molecule has 0 atom stereocenters. The molecule has 7 nitrogen and oxygen atoms in total. The van der Waals surface area contributed by atoms with Crippen molar-refractivity contribution in [3.8, 4) is 23.0 Å². The molecule has 0 radical (unpaired) electrons. The Kier molecular flexibility index (Phi) is 4.17. The smallest absolute Gasteiger partial charge is 0.271 e. The first kappa shape index (κ1) is 15.2. The van der Waals surface area contributed by atoms with Gasteiger partial charge in [-0.1, -0.05) is 12.1 Å². The summed E-state index contributed by atoms with van der Waals surface area (Å²) < 4.78 is 0. The van der Waals surface area contributed by atoms with Crippen LogP contribution in [0.15, 0.2) is 41.5 Å². The summed E-state index contributed by atoms with van der Waals surface area (Å²) in [6.07, 6.45) is 0. The Bertz CT molecular complexity index is 732. The van der Waals surface area contributed by atoms with Gasteiger partial charge in [0.15, 0.2) is 17.2 Å². The van der Waals surface area contributed by atoms with Crippen LogP contribution in [0, 0.1) is 0 Å². The normalized spacial score (nSPS) is 11.2. The molecule has 0 spiro atoms. The number of carbonyl (C=O) groups excluding carboxylic acids is 1. The summed E-state index contributed by atoms with van der Waals surface area (Å²) in [5, 5.41) is 41.5. The molecule has 0 heterocycles. The van der Waals surface area contributed by atoms with E-state index in [9.17, 15) is 25.2 Å². The third-order valence-electron chi connectivity index (χ3n) is 2.95. The van der Waals surface area contributed by atoms with Gasteiger partial charge in [0.1, 0.15) is 5.75 Å². The maximum atomic E-state index is 11.9. The first-order valence-electron chi connectivity index (χ1n) is 6.28. The lowest BCUT2D eigenvalue weighted by Gasteiger charge is -2.06. The van der Waals surface area contributed by atoms with Crippen molar-refractivity contribution in [2.24, 2.45) is 5.10 Å². The van der Waals surface area contributed by atoms with Crippen LogP contribution in [0.1, 0.15) is 22.8 Å². The zero-order chi connectivity index (χ0) is 16.3. The standard InChI is InChI=1S/C15H14N2O5/c1-8(10-4-2-3-5-11(10)18)16-17-15(22)9-6-12(19)14(21)13(20)7-9/h2-7,18-21H,1H3,(H,17,22). The predicted octanol–water partition coefficient (Wildman–Crippen LogP) is 1.66. The van der Waals surface area contributed by atoms with E-state index < -0.39 is 23.2 Å². The van der Waals surface area contributed by atoms with Gasteiger partial charge in [0.25, 0.3) is 5.91 Å². The molecule has 0 aliphatic rings. The largest absolute Gasteiger partial charge is 0.507 e. The van der Waals surface area contributed by atoms with Crippen molar-refractivity contribution in [3.05, 3.63) is 47.5 Å². The average molecular weight is 302 g/mol. The van der Waals surface area contributed by atoms with Gasteiger partial charge >= 0.3 is 0 Å². The van der Waals surface area contributed by atoms with Crippen molar-refractivity contribution in [2.75, 3.05) is 0 Å². The van der Waals surface area contributed by atoms with Gasteiger partial charge in [-0.15, -0.1) is 0 Å². The molecule has 0 saturated heterocycles. The van der Waals surface area contributed by atoms with Gasteiger partial charge in [-0.3, -0.25) is 4.79 Å². The molecule has 0 saturated carbocycles. The maximum Gasteiger partial charge on any atom is 0.271 e. The van der Waals surface area contributed by atoms with Gasteiger partial charge in [-0.05, 0) is 31.2 Å². The van der Waals surface area contributed by atoms with Crippen molar-refractivity contribution in [1.82, 2.24) is 5.43 Å². The van der Waals surface area contributed by atoms with Crippen molar-refractivity contribution < 1.29 is 25.2 Å². The molecule has 1 amide bonds. The Hall–Kier alpha value is -3.22. The molecule has 0 unspecified atom stereocenters. The quantitative estimate of drug-likeness (QED) is 0.335. The van der Waals surface area contributed by atoms with E-state index in [-0.39, 0.29) is 11.3 Å². The molecular weight excluding hydrogens is 288 g/mol. The van der Waals surface area contributed by atoms with E-state index in [0.29, 0.717) is 11.3 Å². The highest BCUT2D eigenvalue weighted by molar-refractivity contribution is 6.02. The summed E-state index contributed by atoms with van der Waals surface area (Å²) in [6, 6.07) is 8.49. The van der Waals surface area contributed by atoms with E-state index in [4.69, 9.17) is 0 Å². The fraction of sp³-hybridized carbons (Fsp3) is 0.0667. The molecular formula is C15H14N2O5. The van der Waals surface area contributed by atoms with Gasteiger partial charge in [-0.25, -0.2) is 5.43 Å². The number of hydrogen-bond donors (Lipinski definition) is 5. The third-order valence-corrected chi connectivity index (χ3v) is 2.95. The van der Waals surface area contributed by atoms with E-state index in [2.05, 4.69) is 10.5 Å². The first-order chi connectivity index (χ1) is 10.4. The molecule has 0 bridgehead atoms. The molecule has 7 heteroatoms. The number of phenolic OH excluding ortho intramolecular Hbond substituents is 4. The van der Waals surface area contributed by atoms with Crippen molar-refractivity contribution in [2.45, 2.75) is 6.92 Å². The summed E-state index contributed by atoms with van der Waals surface area (Å²) in [6.45, 7) is 1.60. The number of rotatable bonds is 3. The molecule has 0 aromatic heterocycles. The number of carbonyl (C=O) groups is 1. The Morgan fingerprint density at radius 1 is 1.00 bits per heavy atom. The Morgan fingerprint density at radius 2 is 1.59 bits per heavy atom. The van der Waals surface area contributed by atoms with Gasteiger partial charge in [0.05, 0.1) is 5.71 Å². The fourth-order valence-corrected chi connectivity index (χ4v) is 1.77. The number of nitrogens with zero attached hydrogens (tertiary/aromatic N) is 1. The minimum atomic E-state index is -0.703. The lowest BCUT2D eigenvalue weighted by Crippen LogP contribution is -2.19. The van der Waals surface area contributed by atoms with Crippen LogP contribution < -0.4 is 5.43 Å². The summed E-state index contributed by atoms with van der Waals surface area (Å²) >= 11 is 0. The van der Waals surface area contributed by atoms with Crippen molar-refractivity contribution in [3.63, 3.8) is 0 Å². The zero-order valence-corrected chi connectivity index (χ0v) is 11.6. The molecule has 0 fully saturated rings. The zero-order valence-electron chi connectivity index (χ0n) is 11.6. The van der Waals surface area contributed by atoms with Gasteiger partial charge in [0, 0.05) is 11.1 Å². The molecule has 114 valence electrons. The molecule has 2 aromatic carbocycles. The Labute approximate surface area is 125 Å². The minimum absolute atomic E-state index is 0.0259. The number of amides is 1. The van der Waals surface area contributed by atoms with Gasteiger partial charge in [-0.2, -0.15) is 5.10 Å². The number of phenols is 4. The maximum absolute atomic E-state index is 11.9. The van der Waals surface area contributed by atoms with Crippen molar-refractivity contribution in [1.29, 1.82) is 0 Å². The minimum Gasteiger partial charge on any atom is -0.507 e. The van der Waals surface area contributed by atoms with Crippen LogP contribution in [-0.4, -0.2) is 32.0 Å². The summed E-state index contributed by atoms with van der Waals surface area (Å²) in [5.41, 5.74) is 2.98. The summed E-state index contributed by atoms with van der Waals surface area (Å²) in [5.74, 6) is -2.61. The van der Waals surface area contributed by atoms with Crippen LogP contribution in [0.5, 0.6) is 23.0 Å². The van der Waals surface area contributed by atoms with E-state index in [1.807, 2.05) is 0 Å². The number of para-hydroxylation sites is 1.